The lowest BCUT2D eigenvalue weighted by Crippen LogP contribution is -2.58. The number of amides is 2. The highest BCUT2D eigenvalue weighted by molar-refractivity contribution is 6.42. The van der Waals surface area contributed by atoms with Gasteiger partial charge in [0.05, 0.1) is 35.3 Å². The van der Waals surface area contributed by atoms with Crippen LogP contribution >= 0.6 is 23.2 Å². The average Bonchev–Trinajstić information content (AvgIpc) is 2.75. The first-order chi connectivity index (χ1) is 13.9. The van der Waals surface area contributed by atoms with E-state index >= 15 is 0 Å². The Kier molecular flexibility index (Phi) is 7.76. The Morgan fingerprint density at radius 2 is 1.52 bits per heavy atom. The fraction of sp³-hybridized carbons (Fsp3) is 0.600. The summed E-state index contributed by atoms with van der Waals surface area (Å²) in [5.74, 6) is 0.0708. The summed E-state index contributed by atoms with van der Waals surface area (Å²) in [4.78, 5) is 31.5. The third-order valence-corrected chi connectivity index (χ3v) is 6.43. The fourth-order valence-electron chi connectivity index (χ4n) is 3.70. The number of carbonyl (C=O) groups excluding carboxylic acids is 2. The van der Waals surface area contributed by atoms with E-state index in [1.807, 2.05) is 18.7 Å². The van der Waals surface area contributed by atoms with E-state index < -0.39 is 0 Å². The molecule has 1 aromatic rings. The van der Waals surface area contributed by atoms with Crippen molar-refractivity contribution in [3.8, 4) is 0 Å². The van der Waals surface area contributed by atoms with Crippen molar-refractivity contribution in [3.63, 3.8) is 0 Å². The molecule has 2 amide bonds. The van der Waals surface area contributed by atoms with Crippen molar-refractivity contribution in [2.75, 3.05) is 57.8 Å². The first-order valence-electron chi connectivity index (χ1n) is 9.97. The molecular formula is C20H28Cl2N4O3. The molecule has 1 N–H and O–H groups in total. The van der Waals surface area contributed by atoms with Gasteiger partial charge in [-0.1, -0.05) is 23.2 Å². The maximum Gasteiger partial charge on any atom is 0.241 e. The number of ether oxygens (including phenoxy) is 1. The van der Waals surface area contributed by atoms with Crippen LogP contribution in [0.25, 0.3) is 0 Å². The summed E-state index contributed by atoms with van der Waals surface area (Å²) in [6.45, 7) is 9.37. The lowest BCUT2D eigenvalue weighted by Gasteiger charge is -2.41. The maximum atomic E-state index is 12.7. The standard InChI is InChI=1S/C20H28Cl2N4O3/c1-14(19(27)23-16-3-4-17(21)18(22)13-16)24-5-7-25(8-6-24)15(2)20(28)26-9-11-29-12-10-26/h3-4,13-15H,5-12H2,1-2H3,(H,23,27). The van der Waals surface area contributed by atoms with E-state index in [4.69, 9.17) is 27.9 Å². The number of nitrogens with one attached hydrogen (secondary N) is 1. The summed E-state index contributed by atoms with van der Waals surface area (Å²) in [5.41, 5.74) is 0.625. The molecule has 0 saturated carbocycles. The highest BCUT2D eigenvalue weighted by atomic mass is 35.5. The van der Waals surface area contributed by atoms with Crippen LogP contribution in [0.15, 0.2) is 18.2 Å². The molecule has 2 aliphatic rings. The van der Waals surface area contributed by atoms with Gasteiger partial charge in [-0.15, -0.1) is 0 Å². The van der Waals surface area contributed by atoms with Gasteiger partial charge in [0.15, 0.2) is 0 Å². The van der Waals surface area contributed by atoms with Crippen LogP contribution in [0.3, 0.4) is 0 Å². The van der Waals surface area contributed by atoms with Gasteiger partial charge in [0.25, 0.3) is 0 Å². The molecule has 2 unspecified atom stereocenters. The van der Waals surface area contributed by atoms with Crippen LogP contribution in [0.1, 0.15) is 13.8 Å². The monoisotopic (exact) mass is 442 g/mol. The summed E-state index contributed by atoms with van der Waals surface area (Å²) in [7, 11) is 0. The molecule has 0 bridgehead atoms. The van der Waals surface area contributed by atoms with Crippen LogP contribution in [0, 0.1) is 0 Å². The van der Waals surface area contributed by atoms with Crippen molar-refractivity contribution in [3.05, 3.63) is 28.2 Å². The molecule has 2 fully saturated rings. The van der Waals surface area contributed by atoms with Crippen LogP contribution in [-0.4, -0.2) is 91.1 Å². The quantitative estimate of drug-likeness (QED) is 0.756. The third-order valence-electron chi connectivity index (χ3n) is 5.69. The van der Waals surface area contributed by atoms with Crippen molar-refractivity contribution in [1.29, 1.82) is 0 Å². The molecule has 1 aromatic carbocycles. The van der Waals surface area contributed by atoms with E-state index in [-0.39, 0.29) is 23.9 Å². The average molecular weight is 443 g/mol. The highest BCUT2D eigenvalue weighted by Crippen LogP contribution is 2.25. The van der Waals surface area contributed by atoms with E-state index in [2.05, 4.69) is 15.1 Å². The normalized spacial score (nSPS) is 20.9. The van der Waals surface area contributed by atoms with Gasteiger partial charge in [-0.3, -0.25) is 19.4 Å². The van der Waals surface area contributed by atoms with E-state index in [1.54, 1.807) is 18.2 Å². The van der Waals surface area contributed by atoms with Crippen molar-refractivity contribution >= 4 is 40.7 Å². The van der Waals surface area contributed by atoms with Gasteiger partial charge in [-0.2, -0.15) is 0 Å². The Balaban J connectivity index is 1.49. The Morgan fingerprint density at radius 1 is 0.931 bits per heavy atom. The van der Waals surface area contributed by atoms with Gasteiger partial charge >= 0.3 is 0 Å². The number of nitrogens with zero attached hydrogens (tertiary/aromatic N) is 3. The first kappa shape index (κ1) is 22.3. The smallest absolute Gasteiger partial charge is 0.241 e. The second-order valence-electron chi connectivity index (χ2n) is 7.48. The Labute approximate surface area is 181 Å². The van der Waals surface area contributed by atoms with E-state index in [1.165, 1.54) is 0 Å². The minimum absolute atomic E-state index is 0.0886. The molecule has 2 atom stereocenters. The molecule has 160 valence electrons. The van der Waals surface area contributed by atoms with Gasteiger partial charge in [0, 0.05) is 45.0 Å². The van der Waals surface area contributed by atoms with Crippen LogP contribution in [-0.2, 0) is 14.3 Å². The van der Waals surface area contributed by atoms with Crippen LogP contribution < -0.4 is 5.32 Å². The van der Waals surface area contributed by atoms with Gasteiger partial charge in [0.1, 0.15) is 0 Å². The van der Waals surface area contributed by atoms with Gasteiger partial charge in [0.2, 0.25) is 11.8 Å². The molecule has 29 heavy (non-hydrogen) atoms. The molecule has 9 heteroatoms. The highest BCUT2D eigenvalue weighted by Gasteiger charge is 2.32. The molecule has 0 radical (unpaired) electrons. The summed E-state index contributed by atoms with van der Waals surface area (Å²) in [5, 5.41) is 3.75. The number of benzene rings is 1. The van der Waals surface area contributed by atoms with Gasteiger partial charge in [-0.25, -0.2) is 0 Å². The summed E-state index contributed by atoms with van der Waals surface area (Å²) >= 11 is 11.9. The zero-order chi connectivity index (χ0) is 21.0. The summed E-state index contributed by atoms with van der Waals surface area (Å²) in [6, 6.07) is 4.60. The molecule has 3 rings (SSSR count). The van der Waals surface area contributed by atoms with Crippen LogP contribution in [0.4, 0.5) is 5.69 Å². The maximum absolute atomic E-state index is 12.7. The number of carbonyl (C=O) groups is 2. The minimum Gasteiger partial charge on any atom is -0.378 e. The lowest BCUT2D eigenvalue weighted by atomic mass is 10.1. The second-order valence-corrected chi connectivity index (χ2v) is 8.29. The Hall–Kier alpha value is -1.38. The predicted molar refractivity (Wildman–Crippen MR) is 115 cm³/mol. The molecule has 0 spiro atoms. The SMILES string of the molecule is CC(C(=O)Nc1ccc(Cl)c(Cl)c1)N1CCN(C(C)C(=O)N2CCOCC2)CC1. The van der Waals surface area contributed by atoms with E-state index in [0.29, 0.717) is 42.0 Å². The van der Waals surface area contributed by atoms with Gasteiger partial charge < -0.3 is 15.0 Å². The topological polar surface area (TPSA) is 65.1 Å². The fourth-order valence-corrected chi connectivity index (χ4v) is 4.00. The minimum atomic E-state index is -0.281. The van der Waals surface area contributed by atoms with E-state index in [0.717, 1.165) is 26.2 Å². The number of hydrogen-bond donors (Lipinski definition) is 1. The summed E-state index contributed by atoms with van der Waals surface area (Å²) < 4.78 is 5.33. The number of halogens is 2. The largest absolute Gasteiger partial charge is 0.378 e. The molecule has 2 heterocycles. The lowest BCUT2D eigenvalue weighted by molar-refractivity contribution is -0.141. The molecule has 2 saturated heterocycles. The Bertz CT molecular complexity index is 734. The van der Waals surface area contributed by atoms with Crippen LogP contribution in [0.2, 0.25) is 10.0 Å². The van der Waals surface area contributed by atoms with Crippen molar-refractivity contribution in [1.82, 2.24) is 14.7 Å². The van der Waals surface area contributed by atoms with Crippen molar-refractivity contribution in [2.45, 2.75) is 25.9 Å². The summed E-state index contributed by atoms with van der Waals surface area (Å²) in [6.07, 6.45) is 0. The molecular weight excluding hydrogens is 415 g/mol. The number of morpholine rings is 1. The first-order valence-corrected chi connectivity index (χ1v) is 10.7. The Morgan fingerprint density at radius 3 is 2.10 bits per heavy atom. The number of hydrogen-bond acceptors (Lipinski definition) is 5. The third kappa shape index (κ3) is 5.61. The zero-order valence-electron chi connectivity index (χ0n) is 16.9. The van der Waals surface area contributed by atoms with Crippen molar-refractivity contribution in [2.24, 2.45) is 0 Å². The van der Waals surface area contributed by atoms with Crippen LogP contribution in [0.5, 0.6) is 0 Å². The zero-order valence-corrected chi connectivity index (χ0v) is 18.4. The van der Waals surface area contributed by atoms with Crippen molar-refractivity contribution < 1.29 is 14.3 Å². The van der Waals surface area contributed by atoms with Gasteiger partial charge in [-0.05, 0) is 32.0 Å². The molecule has 0 aliphatic carbocycles. The number of anilines is 1. The number of piperazine rings is 1. The van der Waals surface area contributed by atoms with E-state index in [9.17, 15) is 9.59 Å². The molecule has 2 aliphatic heterocycles. The second kappa shape index (κ2) is 10.1. The molecule has 7 nitrogen and oxygen atoms in total. The predicted octanol–water partition coefficient (Wildman–Crippen LogP) is 2.19. The number of rotatable bonds is 5. The molecule has 0 aromatic heterocycles.